The maximum atomic E-state index is 12.5. The molecule has 0 aromatic rings. The summed E-state index contributed by atoms with van der Waals surface area (Å²) >= 11 is 0. The molecule has 108 valence electrons. The third kappa shape index (κ3) is 3.48. The van der Waals surface area contributed by atoms with Crippen LogP contribution in [0.3, 0.4) is 0 Å². The summed E-state index contributed by atoms with van der Waals surface area (Å²) < 4.78 is 4.80. The Kier molecular flexibility index (Phi) is 4.83. The van der Waals surface area contributed by atoms with Crippen LogP contribution in [-0.4, -0.2) is 37.0 Å². The van der Waals surface area contributed by atoms with Crippen molar-refractivity contribution in [2.75, 3.05) is 20.2 Å². The first-order valence-corrected chi connectivity index (χ1v) is 7.48. The van der Waals surface area contributed by atoms with Gasteiger partial charge < -0.3 is 9.64 Å². The zero-order valence-corrected chi connectivity index (χ0v) is 12.1. The number of ether oxygens (including phenoxy) is 1. The SMILES string of the molecule is COC(=O)C1CCCN(C(=O)C2CCC(C)CC2)C1. The van der Waals surface area contributed by atoms with Crippen molar-refractivity contribution in [1.29, 1.82) is 0 Å². The second-order valence-electron chi connectivity index (χ2n) is 6.10. The Morgan fingerprint density at radius 1 is 1.05 bits per heavy atom. The van der Waals surface area contributed by atoms with Crippen molar-refractivity contribution in [1.82, 2.24) is 4.90 Å². The molecule has 1 aliphatic heterocycles. The maximum absolute atomic E-state index is 12.5. The Balaban J connectivity index is 1.90. The van der Waals surface area contributed by atoms with Crippen molar-refractivity contribution in [3.63, 3.8) is 0 Å². The fraction of sp³-hybridized carbons (Fsp3) is 0.867. The van der Waals surface area contributed by atoms with Gasteiger partial charge in [-0.1, -0.05) is 6.92 Å². The molecule has 1 atom stereocenters. The third-order valence-corrected chi connectivity index (χ3v) is 4.63. The molecule has 2 aliphatic rings. The highest BCUT2D eigenvalue weighted by Gasteiger charge is 2.33. The lowest BCUT2D eigenvalue weighted by molar-refractivity contribution is -0.150. The summed E-state index contributed by atoms with van der Waals surface area (Å²) in [6.07, 6.45) is 6.10. The van der Waals surface area contributed by atoms with E-state index < -0.39 is 0 Å². The minimum absolute atomic E-state index is 0.120. The molecule has 19 heavy (non-hydrogen) atoms. The number of piperidine rings is 1. The highest BCUT2D eigenvalue weighted by atomic mass is 16.5. The van der Waals surface area contributed by atoms with Crippen LogP contribution < -0.4 is 0 Å². The summed E-state index contributed by atoms with van der Waals surface area (Å²) in [6.45, 7) is 3.62. The molecule has 4 heteroatoms. The highest BCUT2D eigenvalue weighted by molar-refractivity contribution is 5.80. The van der Waals surface area contributed by atoms with Crippen LogP contribution in [-0.2, 0) is 14.3 Å². The van der Waals surface area contributed by atoms with Crippen LogP contribution in [0.4, 0.5) is 0 Å². The molecule has 0 N–H and O–H groups in total. The van der Waals surface area contributed by atoms with Crippen LogP contribution in [0.2, 0.25) is 0 Å². The molecule has 2 fully saturated rings. The zero-order chi connectivity index (χ0) is 13.8. The van der Waals surface area contributed by atoms with Crippen LogP contribution in [0.1, 0.15) is 45.4 Å². The Morgan fingerprint density at radius 3 is 2.37 bits per heavy atom. The van der Waals surface area contributed by atoms with Gasteiger partial charge in [0.2, 0.25) is 5.91 Å². The van der Waals surface area contributed by atoms with E-state index in [0.29, 0.717) is 6.54 Å². The Labute approximate surface area is 115 Å². The number of esters is 1. The molecule has 0 aromatic heterocycles. The lowest BCUT2D eigenvalue weighted by Crippen LogP contribution is -2.45. The number of carbonyl (C=O) groups excluding carboxylic acids is 2. The van der Waals surface area contributed by atoms with Crippen LogP contribution in [0.5, 0.6) is 0 Å². The first kappa shape index (κ1) is 14.4. The van der Waals surface area contributed by atoms with Crippen molar-refractivity contribution >= 4 is 11.9 Å². The first-order chi connectivity index (χ1) is 9.11. The molecule has 1 amide bonds. The Morgan fingerprint density at radius 2 is 1.74 bits per heavy atom. The minimum Gasteiger partial charge on any atom is -0.469 e. The average Bonchev–Trinajstić information content (AvgIpc) is 2.46. The third-order valence-electron chi connectivity index (χ3n) is 4.63. The Bertz CT molecular complexity index is 334. The number of hydrogen-bond acceptors (Lipinski definition) is 3. The maximum Gasteiger partial charge on any atom is 0.310 e. The van der Waals surface area contributed by atoms with Crippen molar-refractivity contribution in [2.24, 2.45) is 17.8 Å². The number of carbonyl (C=O) groups is 2. The predicted molar refractivity (Wildman–Crippen MR) is 72.4 cm³/mol. The van der Waals surface area contributed by atoms with Crippen molar-refractivity contribution < 1.29 is 14.3 Å². The predicted octanol–water partition coefficient (Wildman–Crippen LogP) is 2.22. The van der Waals surface area contributed by atoms with Crippen LogP contribution in [0.25, 0.3) is 0 Å². The molecular formula is C15H25NO3. The van der Waals surface area contributed by atoms with Gasteiger partial charge in [-0.3, -0.25) is 9.59 Å². The second kappa shape index (κ2) is 6.40. The molecular weight excluding hydrogens is 242 g/mol. The van der Waals surface area contributed by atoms with E-state index in [9.17, 15) is 9.59 Å². The van der Waals surface area contributed by atoms with E-state index in [2.05, 4.69) is 6.92 Å². The second-order valence-corrected chi connectivity index (χ2v) is 6.10. The topological polar surface area (TPSA) is 46.6 Å². The normalized spacial score (nSPS) is 31.9. The van der Waals surface area contributed by atoms with Gasteiger partial charge in [-0.15, -0.1) is 0 Å². The number of rotatable bonds is 2. The van der Waals surface area contributed by atoms with Gasteiger partial charge in [-0.2, -0.15) is 0 Å². The van der Waals surface area contributed by atoms with Gasteiger partial charge in [-0.05, 0) is 44.4 Å². The van der Waals surface area contributed by atoms with Gasteiger partial charge >= 0.3 is 5.97 Å². The summed E-state index contributed by atoms with van der Waals surface area (Å²) in [5, 5.41) is 0. The number of amides is 1. The van der Waals surface area contributed by atoms with Gasteiger partial charge in [-0.25, -0.2) is 0 Å². The first-order valence-electron chi connectivity index (χ1n) is 7.48. The van der Waals surface area contributed by atoms with Gasteiger partial charge in [0.15, 0.2) is 0 Å². The molecule has 0 bridgehead atoms. The Hall–Kier alpha value is -1.06. The number of nitrogens with zero attached hydrogens (tertiary/aromatic N) is 1. The summed E-state index contributed by atoms with van der Waals surface area (Å²) in [5.74, 6) is 0.918. The highest BCUT2D eigenvalue weighted by Crippen LogP contribution is 2.30. The molecule has 1 saturated carbocycles. The smallest absolute Gasteiger partial charge is 0.310 e. The van der Waals surface area contributed by atoms with E-state index in [-0.39, 0.29) is 23.7 Å². The summed E-state index contributed by atoms with van der Waals surface area (Å²) in [6, 6.07) is 0. The van der Waals surface area contributed by atoms with Gasteiger partial charge in [0.1, 0.15) is 0 Å². The number of methoxy groups -OCH3 is 1. The standard InChI is InChI=1S/C15H25NO3/c1-11-5-7-12(8-6-11)14(17)16-9-3-4-13(10-16)15(18)19-2/h11-13H,3-10H2,1-2H3. The molecule has 1 saturated heterocycles. The molecule has 0 aromatic carbocycles. The van der Waals surface area contributed by atoms with Crippen molar-refractivity contribution in [3.05, 3.63) is 0 Å². The zero-order valence-electron chi connectivity index (χ0n) is 12.1. The van der Waals surface area contributed by atoms with E-state index in [4.69, 9.17) is 4.74 Å². The molecule has 2 rings (SSSR count). The summed E-state index contributed by atoms with van der Waals surface area (Å²) in [7, 11) is 1.42. The van der Waals surface area contributed by atoms with E-state index in [1.165, 1.54) is 7.11 Å². The minimum atomic E-state index is -0.172. The van der Waals surface area contributed by atoms with Gasteiger partial charge in [0.25, 0.3) is 0 Å². The van der Waals surface area contributed by atoms with E-state index in [1.807, 2.05) is 4.90 Å². The molecule has 1 unspecified atom stereocenters. The van der Waals surface area contributed by atoms with Gasteiger partial charge in [0.05, 0.1) is 13.0 Å². The monoisotopic (exact) mass is 267 g/mol. The lowest BCUT2D eigenvalue weighted by Gasteiger charge is -2.35. The molecule has 0 spiro atoms. The van der Waals surface area contributed by atoms with Crippen molar-refractivity contribution in [2.45, 2.75) is 45.4 Å². The molecule has 0 radical (unpaired) electrons. The average molecular weight is 267 g/mol. The summed E-state index contributed by atoms with van der Waals surface area (Å²) in [5.41, 5.74) is 0. The fourth-order valence-corrected chi connectivity index (χ4v) is 3.30. The largest absolute Gasteiger partial charge is 0.469 e. The fourth-order valence-electron chi connectivity index (χ4n) is 3.30. The van der Waals surface area contributed by atoms with Crippen molar-refractivity contribution in [3.8, 4) is 0 Å². The molecule has 1 aliphatic carbocycles. The van der Waals surface area contributed by atoms with Gasteiger partial charge in [0, 0.05) is 19.0 Å². The number of likely N-dealkylation sites (tertiary alicyclic amines) is 1. The molecule has 1 heterocycles. The lowest BCUT2D eigenvalue weighted by atomic mass is 9.82. The summed E-state index contributed by atoms with van der Waals surface area (Å²) in [4.78, 5) is 26.0. The quantitative estimate of drug-likeness (QED) is 0.721. The van der Waals surface area contributed by atoms with E-state index in [0.717, 1.165) is 51.0 Å². The number of hydrogen-bond donors (Lipinski definition) is 0. The molecule has 4 nitrogen and oxygen atoms in total. The van der Waals surface area contributed by atoms with Crippen LogP contribution >= 0.6 is 0 Å². The van der Waals surface area contributed by atoms with E-state index >= 15 is 0 Å². The van der Waals surface area contributed by atoms with Crippen LogP contribution in [0.15, 0.2) is 0 Å². The van der Waals surface area contributed by atoms with E-state index in [1.54, 1.807) is 0 Å². The van der Waals surface area contributed by atoms with Crippen LogP contribution in [0, 0.1) is 17.8 Å².